The minimum Gasteiger partial charge on any atom is -0.335 e. The lowest BCUT2D eigenvalue weighted by molar-refractivity contribution is 0.0735. The van der Waals surface area contributed by atoms with E-state index in [4.69, 9.17) is 0 Å². The predicted octanol–water partition coefficient (Wildman–Crippen LogP) is 3.93. The summed E-state index contributed by atoms with van der Waals surface area (Å²) < 4.78 is 2.11. The normalized spacial score (nSPS) is 16.8. The number of likely N-dealkylation sites (tertiary alicyclic amines) is 1. The second-order valence-corrected chi connectivity index (χ2v) is 8.39. The van der Waals surface area contributed by atoms with Gasteiger partial charge in [-0.3, -0.25) is 4.79 Å². The molecule has 0 saturated carbocycles. The molecule has 1 unspecified atom stereocenters. The molecule has 5 nitrogen and oxygen atoms in total. The summed E-state index contributed by atoms with van der Waals surface area (Å²) >= 11 is 1.59. The molecule has 2 aromatic heterocycles. The van der Waals surface area contributed by atoms with Gasteiger partial charge in [-0.25, -0.2) is 0 Å². The number of hydrogen-bond acceptors (Lipinski definition) is 4. The molecule has 4 rings (SSSR count). The number of aryl methyl sites for hydroxylation is 2. The Hall–Kier alpha value is -2.47. The van der Waals surface area contributed by atoms with Crippen molar-refractivity contribution in [2.45, 2.75) is 45.2 Å². The molecule has 1 aliphatic rings. The highest BCUT2D eigenvalue weighted by Gasteiger charge is 2.30. The van der Waals surface area contributed by atoms with Gasteiger partial charge >= 0.3 is 0 Å². The van der Waals surface area contributed by atoms with Gasteiger partial charge in [0, 0.05) is 23.9 Å². The maximum absolute atomic E-state index is 12.8. The highest BCUT2D eigenvalue weighted by atomic mass is 32.1. The van der Waals surface area contributed by atoms with Gasteiger partial charge in [-0.2, -0.15) is 0 Å². The second kappa shape index (κ2) is 8.05. The van der Waals surface area contributed by atoms with Crippen molar-refractivity contribution in [3.8, 4) is 0 Å². The fourth-order valence-corrected chi connectivity index (χ4v) is 4.60. The van der Waals surface area contributed by atoms with Crippen LogP contribution in [0.15, 0.2) is 48.8 Å². The van der Waals surface area contributed by atoms with Crippen LogP contribution in [0.2, 0.25) is 0 Å². The lowest BCUT2D eigenvalue weighted by Gasteiger charge is -2.24. The number of carbonyl (C=O) groups is 1. The van der Waals surface area contributed by atoms with Crippen LogP contribution in [0.4, 0.5) is 0 Å². The topological polar surface area (TPSA) is 51.0 Å². The Morgan fingerprint density at radius 1 is 1.22 bits per heavy atom. The molecular formula is C21H24N4OS. The van der Waals surface area contributed by atoms with Crippen LogP contribution in [0.1, 0.15) is 45.2 Å². The van der Waals surface area contributed by atoms with Gasteiger partial charge in [-0.1, -0.05) is 30.3 Å². The minimum atomic E-state index is 0.182. The van der Waals surface area contributed by atoms with Crippen molar-refractivity contribution in [2.24, 2.45) is 0 Å². The number of carbonyl (C=O) groups excluding carboxylic acids is 1. The van der Waals surface area contributed by atoms with Crippen LogP contribution in [0, 0.1) is 6.92 Å². The fourth-order valence-electron chi connectivity index (χ4n) is 3.77. The van der Waals surface area contributed by atoms with E-state index in [2.05, 4.69) is 31.8 Å². The van der Waals surface area contributed by atoms with E-state index in [1.165, 1.54) is 10.4 Å². The van der Waals surface area contributed by atoms with E-state index in [1.54, 1.807) is 17.7 Å². The summed E-state index contributed by atoms with van der Waals surface area (Å²) in [5.74, 6) is 1.17. The van der Waals surface area contributed by atoms with Gasteiger partial charge in [-0.05, 0) is 43.9 Å². The quantitative estimate of drug-likeness (QED) is 0.651. The van der Waals surface area contributed by atoms with E-state index in [-0.39, 0.29) is 5.91 Å². The first-order valence-electron chi connectivity index (χ1n) is 9.49. The van der Waals surface area contributed by atoms with Crippen LogP contribution in [0.3, 0.4) is 0 Å². The molecule has 1 atom stereocenters. The zero-order valence-corrected chi connectivity index (χ0v) is 16.4. The van der Waals surface area contributed by atoms with Crippen molar-refractivity contribution in [3.63, 3.8) is 0 Å². The maximum Gasteiger partial charge on any atom is 0.264 e. The van der Waals surface area contributed by atoms with Crippen LogP contribution in [0.25, 0.3) is 0 Å². The third-order valence-corrected chi connectivity index (χ3v) is 6.17. The second-order valence-electron chi connectivity index (χ2n) is 7.10. The summed E-state index contributed by atoms with van der Waals surface area (Å²) in [6.45, 7) is 3.69. The van der Waals surface area contributed by atoms with Crippen molar-refractivity contribution >= 4 is 17.2 Å². The van der Waals surface area contributed by atoms with Crippen LogP contribution < -0.4 is 0 Å². The Bertz CT molecular complexity index is 902. The summed E-state index contributed by atoms with van der Waals surface area (Å²) in [4.78, 5) is 16.9. The van der Waals surface area contributed by atoms with Crippen LogP contribution >= 0.6 is 11.3 Å². The molecule has 1 saturated heterocycles. The molecule has 3 aromatic rings. The molecule has 140 valence electrons. The molecule has 1 fully saturated rings. The molecular weight excluding hydrogens is 356 g/mol. The Kier molecular flexibility index (Phi) is 5.34. The van der Waals surface area contributed by atoms with E-state index in [9.17, 15) is 4.79 Å². The first kappa shape index (κ1) is 17.9. The van der Waals surface area contributed by atoms with Crippen molar-refractivity contribution < 1.29 is 4.79 Å². The van der Waals surface area contributed by atoms with E-state index < -0.39 is 0 Å². The van der Waals surface area contributed by atoms with Crippen LogP contribution in [0.5, 0.6) is 0 Å². The molecule has 0 spiro atoms. The Morgan fingerprint density at radius 2 is 2.07 bits per heavy atom. The van der Waals surface area contributed by atoms with Gasteiger partial charge in [0.05, 0.1) is 11.4 Å². The number of aromatic nitrogens is 3. The number of thiophene rings is 1. The summed E-state index contributed by atoms with van der Waals surface area (Å²) in [6.07, 6.45) is 5.73. The lowest BCUT2D eigenvalue weighted by Crippen LogP contribution is -2.35. The summed E-state index contributed by atoms with van der Waals surface area (Å²) in [7, 11) is 0. The van der Waals surface area contributed by atoms with E-state index >= 15 is 0 Å². The fraction of sp³-hybridized carbons (Fsp3) is 0.381. The third kappa shape index (κ3) is 4.11. The molecule has 3 heterocycles. The van der Waals surface area contributed by atoms with E-state index in [1.807, 2.05) is 37.3 Å². The number of hydrogen-bond donors (Lipinski definition) is 0. The van der Waals surface area contributed by atoms with E-state index in [0.717, 1.165) is 49.5 Å². The average Bonchev–Trinajstić information content (AvgIpc) is 3.41. The van der Waals surface area contributed by atoms with Crippen LogP contribution in [-0.4, -0.2) is 38.2 Å². The van der Waals surface area contributed by atoms with Crippen molar-refractivity contribution in [1.82, 2.24) is 19.7 Å². The van der Waals surface area contributed by atoms with E-state index in [0.29, 0.717) is 6.04 Å². The number of amides is 1. The highest BCUT2D eigenvalue weighted by Crippen LogP contribution is 2.26. The highest BCUT2D eigenvalue weighted by molar-refractivity contribution is 7.13. The standard InChI is InChI=1S/C21H24N4OS/c1-16-9-11-19(27-16)21(26)25-13-5-8-18(25)10-12-20-23-22-15-24(20)14-17-6-3-2-4-7-17/h2-4,6-7,9,11,15,18H,5,8,10,12-14H2,1H3. The maximum atomic E-state index is 12.8. The first-order chi connectivity index (χ1) is 13.2. The minimum absolute atomic E-state index is 0.182. The van der Waals surface area contributed by atoms with Gasteiger partial charge in [0.2, 0.25) is 0 Å². The van der Waals surface area contributed by atoms with Crippen molar-refractivity contribution in [2.75, 3.05) is 6.54 Å². The summed E-state index contributed by atoms with van der Waals surface area (Å²) in [6, 6.07) is 14.6. The molecule has 1 aliphatic heterocycles. The first-order valence-corrected chi connectivity index (χ1v) is 10.3. The molecule has 0 N–H and O–H groups in total. The summed E-state index contributed by atoms with van der Waals surface area (Å²) in [5.41, 5.74) is 1.24. The molecule has 27 heavy (non-hydrogen) atoms. The monoisotopic (exact) mass is 380 g/mol. The van der Waals surface area contributed by atoms with Gasteiger partial charge < -0.3 is 9.47 Å². The van der Waals surface area contributed by atoms with Gasteiger partial charge in [0.15, 0.2) is 0 Å². The molecule has 0 radical (unpaired) electrons. The number of rotatable bonds is 6. The number of nitrogens with zero attached hydrogens (tertiary/aromatic N) is 4. The zero-order chi connectivity index (χ0) is 18.6. The average molecular weight is 381 g/mol. The molecule has 6 heteroatoms. The third-order valence-electron chi connectivity index (χ3n) is 5.18. The Morgan fingerprint density at radius 3 is 2.85 bits per heavy atom. The summed E-state index contributed by atoms with van der Waals surface area (Å²) in [5, 5.41) is 8.42. The van der Waals surface area contributed by atoms with Crippen molar-refractivity contribution in [3.05, 3.63) is 69.9 Å². The molecule has 1 amide bonds. The predicted molar refractivity (Wildman–Crippen MR) is 107 cm³/mol. The van der Waals surface area contributed by atoms with Gasteiger partial charge in [0.25, 0.3) is 5.91 Å². The van der Waals surface area contributed by atoms with Gasteiger partial charge in [0.1, 0.15) is 12.2 Å². The van der Waals surface area contributed by atoms with Crippen molar-refractivity contribution in [1.29, 1.82) is 0 Å². The SMILES string of the molecule is Cc1ccc(C(=O)N2CCCC2CCc2nncn2Cc2ccccc2)s1. The molecule has 0 bridgehead atoms. The number of benzene rings is 1. The zero-order valence-electron chi connectivity index (χ0n) is 15.5. The molecule has 0 aliphatic carbocycles. The van der Waals surface area contributed by atoms with Gasteiger partial charge in [-0.15, -0.1) is 21.5 Å². The van der Waals surface area contributed by atoms with Crippen LogP contribution in [-0.2, 0) is 13.0 Å². The Balaban J connectivity index is 1.40. The molecule has 1 aromatic carbocycles. The largest absolute Gasteiger partial charge is 0.335 e. The smallest absolute Gasteiger partial charge is 0.264 e. The Labute approximate surface area is 163 Å². The lowest BCUT2D eigenvalue weighted by atomic mass is 10.1.